The molecule has 1 heteroatoms. The number of aryl methyl sites for hydroxylation is 2. The fourth-order valence-corrected chi connectivity index (χ4v) is 4.53. The fraction of sp³-hybridized carbons (Fsp3) is 0.417. The second-order valence-corrected chi connectivity index (χ2v) is 8.02. The first-order chi connectivity index (χ1) is 12.2. The minimum atomic E-state index is 0.609. The molecule has 1 aliphatic carbocycles. The molecule has 0 bridgehead atoms. The molecule has 1 fully saturated rings. The summed E-state index contributed by atoms with van der Waals surface area (Å²) in [6.45, 7) is 6.92. The maximum atomic E-state index is 2.73. The van der Waals surface area contributed by atoms with Gasteiger partial charge in [0, 0.05) is 12.6 Å². The van der Waals surface area contributed by atoms with E-state index in [0.717, 1.165) is 12.5 Å². The number of benzene rings is 2. The highest BCUT2D eigenvalue weighted by molar-refractivity contribution is 5.60. The molecule has 2 aromatic rings. The van der Waals surface area contributed by atoms with Gasteiger partial charge in [0.2, 0.25) is 0 Å². The van der Waals surface area contributed by atoms with Gasteiger partial charge in [0.25, 0.3) is 0 Å². The van der Waals surface area contributed by atoms with Gasteiger partial charge < -0.3 is 0 Å². The Kier molecular flexibility index (Phi) is 4.76. The van der Waals surface area contributed by atoms with Crippen molar-refractivity contribution in [2.24, 2.45) is 5.92 Å². The molecule has 0 N–H and O–H groups in total. The predicted molar refractivity (Wildman–Crippen MR) is 107 cm³/mol. The summed E-state index contributed by atoms with van der Waals surface area (Å²) < 4.78 is 0. The Hall–Kier alpha value is -1.86. The standard InChI is InChI=1S/C24H29N/c1-18-6-5-7-20(14-18)17-25-13-12-19(2)15-24(25)23-11-10-21-8-3-4-9-22(21)16-23/h3-9,14,16,19,24H,10-13,15,17H2,1-2H3. The van der Waals surface area contributed by atoms with E-state index in [1.165, 1.54) is 54.5 Å². The molecule has 2 atom stereocenters. The lowest BCUT2D eigenvalue weighted by Gasteiger charge is -2.41. The summed E-state index contributed by atoms with van der Waals surface area (Å²) in [4.78, 5) is 2.73. The van der Waals surface area contributed by atoms with Crippen LogP contribution in [0.2, 0.25) is 0 Å². The molecule has 2 aliphatic rings. The number of rotatable bonds is 3. The van der Waals surface area contributed by atoms with Gasteiger partial charge in [-0.1, -0.05) is 72.7 Å². The second kappa shape index (κ2) is 7.17. The molecule has 1 nitrogen and oxygen atoms in total. The fourth-order valence-electron chi connectivity index (χ4n) is 4.53. The molecule has 0 saturated carbocycles. The maximum Gasteiger partial charge on any atom is 0.0317 e. The van der Waals surface area contributed by atoms with Crippen LogP contribution >= 0.6 is 0 Å². The van der Waals surface area contributed by atoms with Crippen molar-refractivity contribution in [1.82, 2.24) is 4.90 Å². The van der Waals surface area contributed by atoms with E-state index in [2.05, 4.69) is 73.4 Å². The summed E-state index contributed by atoms with van der Waals surface area (Å²) >= 11 is 0. The van der Waals surface area contributed by atoms with Gasteiger partial charge in [-0.2, -0.15) is 0 Å². The first-order valence-corrected chi connectivity index (χ1v) is 9.77. The number of piperidine rings is 1. The van der Waals surface area contributed by atoms with Crippen LogP contribution in [-0.4, -0.2) is 17.5 Å². The van der Waals surface area contributed by atoms with E-state index < -0.39 is 0 Å². The molecule has 1 saturated heterocycles. The lowest BCUT2D eigenvalue weighted by atomic mass is 9.82. The van der Waals surface area contributed by atoms with Crippen LogP contribution in [0.25, 0.3) is 6.08 Å². The summed E-state index contributed by atoms with van der Waals surface area (Å²) in [5.41, 5.74) is 7.43. The Balaban J connectivity index is 1.60. The zero-order valence-corrected chi connectivity index (χ0v) is 15.5. The zero-order valence-electron chi connectivity index (χ0n) is 15.5. The van der Waals surface area contributed by atoms with Crippen molar-refractivity contribution in [2.45, 2.75) is 52.1 Å². The molecule has 1 heterocycles. The van der Waals surface area contributed by atoms with Crippen LogP contribution in [0.5, 0.6) is 0 Å². The quantitative estimate of drug-likeness (QED) is 0.705. The molecule has 1 aliphatic heterocycles. The summed E-state index contributed by atoms with van der Waals surface area (Å²) in [6.07, 6.45) is 7.54. The number of hydrogen-bond donors (Lipinski definition) is 0. The molecule has 2 aromatic carbocycles. The third-order valence-electron chi connectivity index (χ3n) is 5.95. The summed E-state index contributed by atoms with van der Waals surface area (Å²) in [6, 6.07) is 18.5. The molecular weight excluding hydrogens is 302 g/mol. The van der Waals surface area contributed by atoms with Crippen LogP contribution in [0, 0.1) is 12.8 Å². The predicted octanol–water partition coefficient (Wildman–Crippen LogP) is 5.63. The largest absolute Gasteiger partial charge is 0.292 e. The number of likely N-dealkylation sites (tertiary alicyclic amines) is 1. The summed E-state index contributed by atoms with van der Waals surface area (Å²) in [7, 11) is 0. The first-order valence-electron chi connectivity index (χ1n) is 9.77. The summed E-state index contributed by atoms with van der Waals surface area (Å²) in [5.74, 6) is 0.830. The van der Waals surface area contributed by atoms with Crippen molar-refractivity contribution < 1.29 is 0 Å². The van der Waals surface area contributed by atoms with Crippen molar-refractivity contribution in [3.05, 3.63) is 76.4 Å². The second-order valence-electron chi connectivity index (χ2n) is 8.02. The van der Waals surface area contributed by atoms with E-state index in [1.807, 2.05) is 0 Å². The van der Waals surface area contributed by atoms with E-state index in [0.29, 0.717) is 6.04 Å². The lowest BCUT2D eigenvalue weighted by Crippen LogP contribution is -2.43. The highest BCUT2D eigenvalue weighted by Gasteiger charge is 2.30. The van der Waals surface area contributed by atoms with E-state index in [9.17, 15) is 0 Å². The van der Waals surface area contributed by atoms with Crippen molar-refractivity contribution in [3.8, 4) is 0 Å². The number of hydrogen-bond acceptors (Lipinski definition) is 1. The van der Waals surface area contributed by atoms with E-state index in [1.54, 1.807) is 5.57 Å². The van der Waals surface area contributed by atoms with Crippen molar-refractivity contribution >= 4 is 6.08 Å². The third-order valence-corrected chi connectivity index (χ3v) is 5.95. The Morgan fingerprint density at radius 1 is 1.04 bits per heavy atom. The SMILES string of the molecule is Cc1cccc(CN2CCC(C)CC2C2=Cc3ccccc3CC2)c1. The monoisotopic (exact) mass is 331 g/mol. The van der Waals surface area contributed by atoms with Crippen LogP contribution in [0.4, 0.5) is 0 Å². The van der Waals surface area contributed by atoms with Gasteiger partial charge >= 0.3 is 0 Å². The van der Waals surface area contributed by atoms with Crippen molar-refractivity contribution in [1.29, 1.82) is 0 Å². The molecule has 130 valence electrons. The Labute approximate surface area is 152 Å². The average Bonchev–Trinajstić information content (AvgIpc) is 2.63. The minimum Gasteiger partial charge on any atom is -0.292 e. The Morgan fingerprint density at radius 2 is 1.92 bits per heavy atom. The smallest absolute Gasteiger partial charge is 0.0317 e. The highest BCUT2D eigenvalue weighted by atomic mass is 15.2. The molecule has 0 spiro atoms. The summed E-state index contributed by atoms with van der Waals surface area (Å²) in [5, 5.41) is 0. The van der Waals surface area contributed by atoms with Crippen molar-refractivity contribution in [3.63, 3.8) is 0 Å². The molecular formula is C24H29N. The van der Waals surface area contributed by atoms with E-state index in [-0.39, 0.29) is 0 Å². The van der Waals surface area contributed by atoms with Gasteiger partial charge in [-0.3, -0.25) is 4.90 Å². The van der Waals surface area contributed by atoms with Crippen molar-refractivity contribution in [2.75, 3.05) is 6.54 Å². The van der Waals surface area contributed by atoms with Crippen LogP contribution in [0.15, 0.2) is 54.1 Å². The lowest BCUT2D eigenvalue weighted by molar-refractivity contribution is 0.130. The van der Waals surface area contributed by atoms with Crippen LogP contribution in [-0.2, 0) is 13.0 Å². The number of nitrogens with zero attached hydrogens (tertiary/aromatic N) is 1. The van der Waals surface area contributed by atoms with Crippen LogP contribution in [0.1, 0.15) is 48.4 Å². The molecule has 2 unspecified atom stereocenters. The van der Waals surface area contributed by atoms with Crippen LogP contribution < -0.4 is 0 Å². The Morgan fingerprint density at radius 3 is 2.80 bits per heavy atom. The average molecular weight is 332 g/mol. The highest BCUT2D eigenvalue weighted by Crippen LogP contribution is 2.34. The molecule has 25 heavy (non-hydrogen) atoms. The van der Waals surface area contributed by atoms with Gasteiger partial charge in [0.15, 0.2) is 0 Å². The van der Waals surface area contributed by atoms with Gasteiger partial charge in [0.1, 0.15) is 0 Å². The first kappa shape index (κ1) is 16.6. The zero-order chi connectivity index (χ0) is 17.2. The third kappa shape index (κ3) is 3.72. The minimum absolute atomic E-state index is 0.609. The van der Waals surface area contributed by atoms with Crippen LogP contribution in [0.3, 0.4) is 0 Å². The molecule has 0 amide bonds. The van der Waals surface area contributed by atoms with E-state index >= 15 is 0 Å². The normalized spacial score (nSPS) is 23.8. The van der Waals surface area contributed by atoms with Gasteiger partial charge in [-0.25, -0.2) is 0 Å². The number of fused-ring (bicyclic) bond motifs is 1. The molecule has 0 radical (unpaired) electrons. The molecule has 0 aromatic heterocycles. The van der Waals surface area contributed by atoms with Gasteiger partial charge in [0.05, 0.1) is 0 Å². The van der Waals surface area contributed by atoms with Gasteiger partial charge in [-0.05, 0) is 61.8 Å². The molecule has 4 rings (SSSR count). The van der Waals surface area contributed by atoms with E-state index in [4.69, 9.17) is 0 Å². The Bertz CT molecular complexity index is 773. The topological polar surface area (TPSA) is 3.24 Å². The van der Waals surface area contributed by atoms with Gasteiger partial charge in [-0.15, -0.1) is 0 Å². The maximum absolute atomic E-state index is 2.73.